The maximum Gasteiger partial charge on any atom is 0.247 e. The first kappa shape index (κ1) is 25.0. The third-order valence-corrected chi connectivity index (χ3v) is 5.60. The van der Waals surface area contributed by atoms with Gasteiger partial charge in [0.05, 0.1) is 7.11 Å². The Morgan fingerprint density at radius 1 is 0.941 bits per heavy atom. The van der Waals surface area contributed by atoms with Crippen molar-refractivity contribution >= 4 is 11.8 Å². The molecule has 0 aliphatic carbocycles. The van der Waals surface area contributed by atoms with Gasteiger partial charge < -0.3 is 15.0 Å². The quantitative estimate of drug-likeness (QED) is 0.433. The molecule has 6 heteroatoms. The van der Waals surface area contributed by atoms with E-state index in [1.54, 1.807) is 24.1 Å². The highest BCUT2D eigenvalue weighted by molar-refractivity contribution is 5.88. The summed E-state index contributed by atoms with van der Waals surface area (Å²) in [6.07, 6.45) is 1.64. The van der Waals surface area contributed by atoms with Crippen LogP contribution in [-0.4, -0.2) is 30.4 Å². The van der Waals surface area contributed by atoms with Crippen LogP contribution in [0.4, 0.5) is 4.39 Å². The first-order valence-electron chi connectivity index (χ1n) is 11.5. The number of halogens is 1. The van der Waals surface area contributed by atoms with Gasteiger partial charge >= 0.3 is 0 Å². The molecule has 3 aromatic rings. The zero-order valence-corrected chi connectivity index (χ0v) is 19.7. The van der Waals surface area contributed by atoms with Crippen molar-refractivity contribution < 1.29 is 18.7 Å². The van der Waals surface area contributed by atoms with Crippen LogP contribution in [-0.2, 0) is 22.6 Å². The molecule has 0 unspecified atom stereocenters. The molecular weight excluding hydrogens is 431 g/mol. The molecule has 178 valence electrons. The number of methoxy groups -OCH3 is 1. The summed E-state index contributed by atoms with van der Waals surface area (Å²) in [6.45, 7) is 2.58. The fraction of sp³-hybridized carbons (Fsp3) is 0.286. The lowest BCUT2D eigenvalue weighted by Gasteiger charge is -2.31. The highest BCUT2D eigenvalue weighted by atomic mass is 19.1. The molecule has 0 bridgehead atoms. The van der Waals surface area contributed by atoms with Crippen LogP contribution < -0.4 is 10.1 Å². The lowest BCUT2D eigenvalue weighted by atomic mass is 10.0. The fourth-order valence-electron chi connectivity index (χ4n) is 3.79. The summed E-state index contributed by atoms with van der Waals surface area (Å²) in [5.74, 6) is 0.0751. The van der Waals surface area contributed by atoms with Gasteiger partial charge in [-0.05, 0) is 53.8 Å². The minimum Gasteiger partial charge on any atom is -0.497 e. The number of benzene rings is 3. The summed E-state index contributed by atoms with van der Waals surface area (Å²) in [6, 6.07) is 22.2. The highest BCUT2D eigenvalue weighted by Gasteiger charge is 2.31. The molecule has 2 amide bonds. The van der Waals surface area contributed by atoms with Crippen molar-refractivity contribution in [2.75, 3.05) is 13.7 Å². The number of ether oxygens (including phenoxy) is 1. The maximum absolute atomic E-state index is 13.4. The fourth-order valence-corrected chi connectivity index (χ4v) is 3.79. The van der Waals surface area contributed by atoms with Gasteiger partial charge in [0, 0.05) is 19.5 Å². The van der Waals surface area contributed by atoms with Crippen LogP contribution in [0.2, 0.25) is 0 Å². The Morgan fingerprint density at radius 3 is 2.21 bits per heavy atom. The van der Waals surface area contributed by atoms with Gasteiger partial charge in [0.1, 0.15) is 17.6 Å². The Hall–Kier alpha value is -3.67. The normalized spacial score (nSPS) is 11.5. The molecule has 0 fully saturated rings. The zero-order valence-electron chi connectivity index (χ0n) is 19.7. The number of amides is 2. The number of hydrogen-bond donors (Lipinski definition) is 1. The molecule has 3 aromatic carbocycles. The first-order valence-corrected chi connectivity index (χ1v) is 11.5. The second kappa shape index (κ2) is 12.5. The van der Waals surface area contributed by atoms with Crippen LogP contribution in [0, 0.1) is 5.82 Å². The standard InChI is InChI=1S/C28H31FN2O3/c1-3-7-26(32)31(20-22-10-14-24(29)15-11-22)27(23-8-5-4-6-9-23)28(33)30-19-18-21-12-16-25(34-2)17-13-21/h4-6,8-17,27H,3,7,18-20H2,1-2H3,(H,30,33)/t27-/m0/s1. The van der Waals surface area contributed by atoms with Crippen molar-refractivity contribution in [1.82, 2.24) is 10.2 Å². The zero-order chi connectivity index (χ0) is 24.3. The van der Waals surface area contributed by atoms with E-state index >= 15 is 0 Å². The summed E-state index contributed by atoms with van der Waals surface area (Å²) in [4.78, 5) is 28.2. The minimum absolute atomic E-state index is 0.119. The highest BCUT2D eigenvalue weighted by Crippen LogP contribution is 2.25. The van der Waals surface area contributed by atoms with Gasteiger partial charge in [0.2, 0.25) is 11.8 Å². The van der Waals surface area contributed by atoms with Crippen molar-refractivity contribution in [2.24, 2.45) is 0 Å². The number of nitrogens with zero attached hydrogens (tertiary/aromatic N) is 1. The van der Waals surface area contributed by atoms with Crippen molar-refractivity contribution in [3.8, 4) is 5.75 Å². The van der Waals surface area contributed by atoms with Crippen LogP contribution in [0.5, 0.6) is 5.75 Å². The Kier molecular flexibility index (Phi) is 9.21. The van der Waals surface area contributed by atoms with Crippen LogP contribution >= 0.6 is 0 Å². The summed E-state index contributed by atoms with van der Waals surface area (Å²) < 4.78 is 18.6. The van der Waals surface area contributed by atoms with E-state index in [1.807, 2.05) is 61.5 Å². The second-order valence-electron chi connectivity index (χ2n) is 8.10. The molecule has 0 heterocycles. The van der Waals surface area contributed by atoms with E-state index in [0.717, 1.165) is 22.4 Å². The predicted molar refractivity (Wildman–Crippen MR) is 131 cm³/mol. The molecule has 1 atom stereocenters. The average molecular weight is 463 g/mol. The number of carbonyl (C=O) groups is 2. The number of hydrogen-bond acceptors (Lipinski definition) is 3. The molecule has 0 radical (unpaired) electrons. The largest absolute Gasteiger partial charge is 0.497 e. The van der Waals surface area contributed by atoms with Crippen LogP contribution in [0.3, 0.4) is 0 Å². The van der Waals surface area contributed by atoms with E-state index in [-0.39, 0.29) is 24.2 Å². The van der Waals surface area contributed by atoms with Gasteiger partial charge in [0.15, 0.2) is 0 Å². The molecule has 0 saturated heterocycles. The van der Waals surface area contributed by atoms with Crippen LogP contribution in [0.1, 0.15) is 42.5 Å². The Balaban J connectivity index is 1.81. The van der Waals surface area contributed by atoms with Crippen molar-refractivity contribution in [1.29, 1.82) is 0 Å². The Morgan fingerprint density at radius 2 is 1.59 bits per heavy atom. The lowest BCUT2D eigenvalue weighted by molar-refractivity contribution is -0.141. The Bertz CT molecular complexity index is 1050. The SMILES string of the molecule is CCCC(=O)N(Cc1ccc(F)cc1)[C@H](C(=O)NCCc1ccc(OC)cc1)c1ccccc1. The van der Waals surface area contributed by atoms with E-state index in [4.69, 9.17) is 4.74 Å². The molecule has 0 aliphatic heterocycles. The van der Waals surface area contributed by atoms with Crippen molar-refractivity contribution in [3.05, 3.63) is 101 Å². The predicted octanol–water partition coefficient (Wildman–Crippen LogP) is 5.06. The maximum atomic E-state index is 13.4. The van der Waals surface area contributed by atoms with Gasteiger partial charge in [-0.25, -0.2) is 4.39 Å². The third-order valence-electron chi connectivity index (χ3n) is 5.60. The molecule has 5 nitrogen and oxygen atoms in total. The Labute approximate surface area is 200 Å². The molecule has 0 spiro atoms. The van der Waals surface area contributed by atoms with Gasteiger partial charge in [-0.2, -0.15) is 0 Å². The monoisotopic (exact) mass is 462 g/mol. The topological polar surface area (TPSA) is 58.6 Å². The van der Waals surface area contributed by atoms with Crippen LogP contribution in [0.15, 0.2) is 78.9 Å². The number of rotatable bonds is 11. The molecular formula is C28H31FN2O3. The van der Waals surface area contributed by atoms with Gasteiger partial charge in [-0.3, -0.25) is 9.59 Å². The van der Waals surface area contributed by atoms with Crippen molar-refractivity contribution in [2.45, 2.75) is 38.8 Å². The second-order valence-corrected chi connectivity index (χ2v) is 8.10. The smallest absolute Gasteiger partial charge is 0.247 e. The van der Waals surface area contributed by atoms with Gasteiger partial charge in [-0.15, -0.1) is 0 Å². The van der Waals surface area contributed by atoms with Gasteiger partial charge in [0.25, 0.3) is 0 Å². The first-order chi connectivity index (χ1) is 16.5. The van der Waals surface area contributed by atoms with E-state index < -0.39 is 6.04 Å². The van der Waals surface area contributed by atoms with E-state index in [2.05, 4.69) is 5.32 Å². The summed E-state index contributed by atoms with van der Waals surface area (Å²) >= 11 is 0. The molecule has 0 saturated carbocycles. The van der Waals surface area contributed by atoms with E-state index in [0.29, 0.717) is 25.8 Å². The average Bonchev–Trinajstić information content (AvgIpc) is 2.86. The third kappa shape index (κ3) is 6.91. The summed E-state index contributed by atoms with van der Waals surface area (Å²) in [5.41, 5.74) is 2.57. The number of carbonyl (C=O) groups excluding carboxylic acids is 2. The molecule has 0 aliphatic rings. The molecule has 1 N–H and O–H groups in total. The van der Waals surface area contributed by atoms with Crippen molar-refractivity contribution in [3.63, 3.8) is 0 Å². The van der Waals surface area contributed by atoms with Crippen LogP contribution in [0.25, 0.3) is 0 Å². The molecule has 34 heavy (non-hydrogen) atoms. The summed E-state index contributed by atoms with van der Waals surface area (Å²) in [7, 11) is 1.62. The number of nitrogens with one attached hydrogen (secondary N) is 1. The lowest BCUT2D eigenvalue weighted by Crippen LogP contribution is -2.43. The summed E-state index contributed by atoms with van der Waals surface area (Å²) in [5, 5.41) is 3.01. The molecule has 0 aromatic heterocycles. The molecule has 3 rings (SSSR count). The van der Waals surface area contributed by atoms with Gasteiger partial charge in [-0.1, -0.05) is 61.5 Å². The minimum atomic E-state index is -0.791. The van der Waals surface area contributed by atoms with E-state index in [1.165, 1.54) is 12.1 Å². The van der Waals surface area contributed by atoms with E-state index in [9.17, 15) is 14.0 Å².